The lowest BCUT2D eigenvalue weighted by Crippen LogP contribution is -2.32. The van der Waals surface area contributed by atoms with Crippen molar-refractivity contribution in [3.63, 3.8) is 0 Å². The molecule has 1 aliphatic carbocycles. The highest BCUT2D eigenvalue weighted by Gasteiger charge is 2.52. The molecular weight excluding hydrogens is 1350 g/mol. The van der Waals surface area contributed by atoms with E-state index in [1.165, 1.54) is 107 Å². The molecule has 1 spiro atoms. The molecule has 0 fully saturated rings. The van der Waals surface area contributed by atoms with E-state index in [0.29, 0.717) is 5.02 Å². The quantitative estimate of drug-likeness (QED) is 0.114. The summed E-state index contributed by atoms with van der Waals surface area (Å²) in [5, 5.41) is 7.79. The van der Waals surface area contributed by atoms with Gasteiger partial charge in [0.15, 0.2) is 0 Å². The van der Waals surface area contributed by atoms with Gasteiger partial charge in [0, 0.05) is 100 Å². The number of nitrogens with zero attached hydrogens (tertiary/aromatic N) is 2. The first kappa shape index (κ1) is 61.6. The minimum Gasteiger partial charge on any atom is -0.455 e. The largest absolute Gasteiger partial charge is 0.455 e. The predicted molar refractivity (Wildman–Crippen MR) is 445 cm³/mol. The maximum Gasteiger partial charge on any atom is 0.143 e. The highest BCUT2D eigenvalue weighted by atomic mass is 35.5. The van der Waals surface area contributed by atoms with Crippen LogP contribution >= 0.6 is 46.0 Å². The Bertz CT molecular complexity index is 6400. The Labute approximate surface area is 625 Å². The average Bonchev–Trinajstić information content (AvgIpc) is 1.39. The first-order valence-electron chi connectivity index (χ1n) is 35.6. The third-order valence-corrected chi connectivity index (χ3v) is 25.2. The second-order valence-electron chi connectivity index (χ2n) is 27.4. The summed E-state index contributed by atoms with van der Waals surface area (Å²) < 4.78 is 11.9. The molecule has 21 rings (SSSR count). The third kappa shape index (κ3) is 9.93. The normalized spacial score (nSPS) is 13.0. The van der Waals surface area contributed by atoms with Gasteiger partial charge in [-0.2, -0.15) is 0 Å². The number of hydrogen-bond acceptors (Lipinski definition) is 6. The Kier molecular flexibility index (Phi) is 14.6. The van der Waals surface area contributed by atoms with E-state index < -0.39 is 5.41 Å². The fourth-order valence-electron chi connectivity index (χ4n) is 17.2. The summed E-state index contributed by atoms with van der Waals surface area (Å²) in [6.45, 7) is 0. The van der Waals surface area contributed by atoms with Gasteiger partial charge in [-0.3, -0.25) is 0 Å². The monoisotopic (exact) mass is 1410 g/mol. The van der Waals surface area contributed by atoms with Crippen LogP contribution in [0.3, 0.4) is 0 Å². The van der Waals surface area contributed by atoms with Gasteiger partial charge in [-0.1, -0.05) is 272 Å². The second kappa shape index (κ2) is 24.9. The van der Waals surface area contributed by atoms with E-state index in [2.05, 4.69) is 374 Å². The number of thiophene rings is 2. The molecule has 0 N–H and O–H groups in total. The van der Waals surface area contributed by atoms with E-state index in [-0.39, 0.29) is 5.92 Å². The molecule has 16 aromatic carbocycles. The van der Waals surface area contributed by atoms with Gasteiger partial charge in [-0.15, -0.1) is 22.7 Å². The van der Waals surface area contributed by atoms with Crippen LogP contribution in [-0.4, -0.2) is 0 Å². The highest BCUT2D eigenvalue weighted by molar-refractivity contribution is 7.99. The molecule has 0 saturated heterocycles. The molecular formula is C98H61ClN2OS3. The van der Waals surface area contributed by atoms with Crippen molar-refractivity contribution in [1.29, 1.82) is 0 Å². The van der Waals surface area contributed by atoms with Crippen molar-refractivity contribution in [2.45, 2.75) is 21.1 Å². The molecule has 2 aliphatic rings. The lowest BCUT2D eigenvalue weighted by atomic mass is 9.67. The summed E-state index contributed by atoms with van der Waals surface area (Å²) in [7, 11) is 0. The molecule has 1 atom stereocenters. The van der Waals surface area contributed by atoms with Gasteiger partial charge in [0.2, 0.25) is 0 Å². The van der Waals surface area contributed by atoms with Crippen LogP contribution in [0.5, 0.6) is 0 Å². The van der Waals surface area contributed by atoms with Crippen LogP contribution in [0.4, 0.5) is 34.1 Å². The lowest BCUT2D eigenvalue weighted by molar-refractivity contribution is 0.670. The number of rotatable bonds is 12. The molecule has 19 aromatic rings. The summed E-state index contributed by atoms with van der Waals surface area (Å²) in [4.78, 5) is 7.36. The zero-order valence-electron chi connectivity index (χ0n) is 56.6. The summed E-state index contributed by atoms with van der Waals surface area (Å²) in [6, 6.07) is 135. The number of anilines is 6. The van der Waals surface area contributed by atoms with E-state index in [1.807, 2.05) is 34.4 Å². The van der Waals surface area contributed by atoms with Crippen LogP contribution in [0.15, 0.2) is 378 Å². The number of halogens is 1. The van der Waals surface area contributed by atoms with Crippen LogP contribution < -0.4 is 9.80 Å². The van der Waals surface area contributed by atoms with Gasteiger partial charge in [0.25, 0.3) is 0 Å². The van der Waals surface area contributed by atoms with Crippen molar-refractivity contribution in [2.75, 3.05) is 9.80 Å². The smallest absolute Gasteiger partial charge is 0.143 e. The molecule has 3 aromatic heterocycles. The van der Waals surface area contributed by atoms with E-state index >= 15 is 0 Å². The molecule has 0 saturated carbocycles. The number of benzene rings is 16. The van der Waals surface area contributed by atoms with Gasteiger partial charge < -0.3 is 14.2 Å². The Balaban J connectivity index is 0.847. The van der Waals surface area contributed by atoms with E-state index in [9.17, 15) is 0 Å². The first-order chi connectivity index (χ1) is 52.0. The van der Waals surface area contributed by atoms with Crippen LogP contribution in [0.2, 0.25) is 5.02 Å². The van der Waals surface area contributed by atoms with E-state index in [0.717, 1.165) is 82.5 Å². The summed E-state index contributed by atoms with van der Waals surface area (Å²) in [5.74, 6) is -0.238. The van der Waals surface area contributed by atoms with Crippen LogP contribution in [-0.2, 0) is 5.41 Å². The molecule has 1 unspecified atom stereocenters. The highest BCUT2D eigenvalue weighted by Crippen LogP contribution is 2.66. The molecule has 1 aliphatic heterocycles. The topological polar surface area (TPSA) is 19.6 Å². The van der Waals surface area contributed by atoms with Crippen molar-refractivity contribution >= 4 is 142 Å². The Morgan fingerprint density at radius 3 is 1.36 bits per heavy atom. The number of hydrogen-bond donors (Lipinski definition) is 0. The van der Waals surface area contributed by atoms with Gasteiger partial charge >= 0.3 is 0 Å². The third-order valence-electron chi connectivity index (χ3n) is 21.6. The molecule has 105 heavy (non-hydrogen) atoms. The minimum atomic E-state index is -0.858. The van der Waals surface area contributed by atoms with Gasteiger partial charge in [-0.25, -0.2) is 0 Å². The van der Waals surface area contributed by atoms with Gasteiger partial charge in [-0.05, 0) is 193 Å². The maximum atomic E-state index is 7.54. The SMILES string of the molecule is Clc1ccc2c(c1)-c1c(C(c3ccccc3)c3cc(-c4ccccc4)c4oc5ccccc5c4c3)cccc1C21c2ccc(N(c3ccccc3)c3cc(-c4ccccc4)cc4sc5ccccc5c34)cc2Sc2cc(N(c3ccccc3)c3cc(-c4ccccc4)cc4sc5ccccc5c34)ccc21. The molecule has 7 heteroatoms. The first-order valence-corrected chi connectivity index (χ1v) is 38.5. The molecule has 494 valence electrons. The van der Waals surface area contributed by atoms with Crippen LogP contribution in [0, 0.1) is 0 Å². The standard InChI is InChI=1S/C98H61ClN2OS3/c99-68-46-49-80-79(58-68)94-76(93(64-32-13-4-14-33-64)67-52-77(63-30-11-3-12-31-63)97-78(53-67)73-38-19-22-43-86(73)102-97)41-25-42-83(94)98(80)81-50-47-71(100(69-34-15-5-16-35-69)84-54-65(61-26-7-1-8-27-61)56-91-95(84)74-39-20-23-44-87(74)103-91)59-89(81)105-90-60-72(48-51-82(90)98)101(70-36-17-6-18-37-70)85-55-66(62-28-9-2-10-29-62)57-92-96(85)75-40-21-24-45-88(75)104-92/h1-60,93H. The minimum absolute atomic E-state index is 0.238. The maximum absolute atomic E-state index is 7.54. The predicted octanol–water partition coefficient (Wildman–Crippen LogP) is 28.9. The number of fused-ring (bicyclic) bond motifs is 18. The molecule has 0 amide bonds. The molecule has 0 bridgehead atoms. The van der Waals surface area contributed by atoms with Crippen molar-refractivity contribution in [2.24, 2.45) is 0 Å². The summed E-state index contributed by atoms with van der Waals surface area (Å²) in [6.07, 6.45) is 0. The summed E-state index contributed by atoms with van der Waals surface area (Å²) in [5.41, 5.74) is 24.9. The van der Waals surface area contributed by atoms with Crippen LogP contribution in [0.25, 0.3) is 107 Å². The fraction of sp³-hybridized carbons (Fsp3) is 0.0204. The van der Waals surface area contributed by atoms with Crippen molar-refractivity contribution in [3.8, 4) is 44.5 Å². The van der Waals surface area contributed by atoms with Crippen LogP contribution in [0.1, 0.15) is 44.9 Å². The molecule has 3 nitrogen and oxygen atoms in total. The fourth-order valence-corrected chi connectivity index (χ4v) is 21.0. The Morgan fingerprint density at radius 1 is 0.314 bits per heavy atom. The van der Waals surface area contributed by atoms with Crippen molar-refractivity contribution in [3.05, 3.63) is 408 Å². The Hall–Kier alpha value is -12.0. The van der Waals surface area contributed by atoms with Gasteiger partial charge in [0.05, 0.1) is 16.8 Å². The zero-order chi connectivity index (χ0) is 69.3. The van der Waals surface area contributed by atoms with Crippen molar-refractivity contribution < 1.29 is 4.42 Å². The summed E-state index contributed by atoms with van der Waals surface area (Å²) >= 11 is 13.1. The van der Waals surface area contributed by atoms with Crippen molar-refractivity contribution in [1.82, 2.24) is 0 Å². The van der Waals surface area contributed by atoms with E-state index in [1.54, 1.807) is 0 Å². The average molecular weight is 1410 g/mol. The van der Waals surface area contributed by atoms with E-state index in [4.69, 9.17) is 16.0 Å². The van der Waals surface area contributed by atoms with Gasteiger partial charge in [0.1, 0.15) is 11.2 Å². The lowest BCUT2D eigenvalue weighted by Gasteiger charge is -2.41. The Morgan fingerprint density at radius 2 is 0.800 bits per heavy atom. The number of para-hydroxylation sites is 3. The second-order valence-corrected chi connectivity index (χ2v) is 31.1. The molecule has 0 radical (unpaired) electrons. The zero-order valence-corrected chi connectivity index (χ0v) is 59.8. The number of furan rings is 1. The molecule has 4 heterocycles.